The fourth-order valence-corrected chi connectivity index (χ4v) is 3.28. The Kier molecular flexibility index (Phi) is 5.61. The average Bonchev–Trinajstić information content (AvgIpc) is 2.93. The molecule has 1 N–H and O–H groups in total. The summed E-state index contributed by atoms with van der Waals surface area (Å²) in [7, 11) is -1.77. The van der Waals surface area contributed by atoms with E-state index in [0.717, 1.165) is 17.5 Å². The highest BCUT2D eigenvalue weighted by Gasteiger charge is 2.13. The van der Waals surface area contributed by atoms with Gasteiger partial charge in [-0.1, -0.05) is 26.0 Å². The molecule has 0 atom stereocenters. The summed E-state index contributed by atoms with van der Waals surface area (Å²) in [6.45, 7) is 3.98. The molecule has 24 heavy (non-hydrogen) atoms. The fourth-order valence-electron chi connectivity index (χ4n) is 2.04. The van der Waals surface area contributed by atoms with Crippen LogP contribution in [0.3, 0.4) is 0 Å². The maximum atomic E-state index is 11.8. The Morgan fingerprint density at radius 2 is 1.92 bits per heavy atom. The predicted molar refractivity (Wildman–Crippen MR) is 98.9 cm³/mol. The first kappa shape index (κ1) is 18.4. The predicted octanol–water partition coefficient (Wildman–Crippen LogP) is 3.19. The Morgan fingerprint density at radius 1 is 1.29 bits per heavy atom. The normalized spacial score (nSPS) is 11.5. The molecule has 0 aliphatic carbocycles. The van der Waals surface area contributed by atoms with Gasteiger partial charge in [-0.05, 0) is 18.1 Å². The quantitative estimate of drug-likeness (QED) is 0.850. The highest BCUT2D eigenvalue weighted by atomic mass is 32.2. The van der Waals surface area contributed by atoms with Crippen LogP contribution in [0.1, 0.15) is 20.3 Å². The molecule has 0 fully saturated rings. The summed E-state index contributed by atoms with van der Waals surface area (Å²) < 4.78 is 24.3. The van der Waals surface area contributed by atoms with Crippen molar-refractivity contribution in [2.75, 3.05) is 22.9 Å². The van der Waals surface area contributed by atoms with E-state index in [0.29, 0.717) is 23.2 Å². The zero-order valence-electron chi connectivity index (χ0n) is 14.1. The zero-order valence-corrected chi connectivity index (χ0v) is 15.7. The monoisotopic (exact) mass is 367 g/mol. The van der Waals surface area contributed by atoms with Crippen LogP contribution in [0.2, 0.25) is 0 Å². The highest BCUT2D eigenvalue weighted by Crippen LogP contribution is 2.27. The van der Waals surface area contributed by atoms with Gasteiger partial charge in [-0.2, -0.15) is 0 Å². The number of anilines is 2. The maximum Gasteiger partial charge on any atom is 0.231 e. The van der Waals surface area contributed by atoms with Gasteiger partial charge in [0.1, 0.15) is 0 Å². The minimum atomic E-state index is -3.28. The van der Waals surface area contributed by atoms with Crippen LogP contribution in [0, 0.1) is 5.92 Å². The third kappa shape index (κ3) is 4.78. The molecule has 0 unspecified atom stereocenters. The summed E-state index contributed by atoms with van der Waals surface area (Å²) in [5, 5.41) is 5.22. The van der Waals surface area contributed by atoms with Crippen molar-refractivity contribution in [1.29, 1.82) is 0 Å². The van der Waals surface area contributed by atoms with Gasteiger partial charge in [0.25, 0.3) is 0 Å². The number of amides is 1. The Morgan fingerprint density at radius 3 is 2.46 bits per heavy atom. The fraction of sp³-hybridized carbons (Fsp3) is 0.375. The minimum absolute atomic E-state index is 0.0453. The number of benzene rings is 1. The summed E-state index contributed by atoms with van der Waals surface area (Å²) in [4.78, 5) is 16.2. The molecule has 1 aromatic carbocycles. The summed E-state index contributed by atoms with van der Waals surface area (Å²) >= 11 is 1.37. The van der Waals surface area contributed by atoms with Crippen LogP contribution in [0.4, 0.5) is 10.8 Å². The van der Waals surface area contributed by atoms with Crippen molar-refractivity contribution >= 4 is 38.1 Å². The number of carbonyl (C=O) groups is 1. The van der Waals surface area contributed by atoms with Crippen LogP contribution in [0.5, 0.6) is 0 Å². The van der Waals surface area contributed by atoms with Gasteiger partial charge in [0.15, 0.2) is 5.13 Å². The lowest BCUT2D eigenvalue weighted by atomic mass is 10.1. The lowest BCUT2D eigenvalue weighted by molar-refractivity contribution is -0.116. The largest absolute Gasteiger partial charge is 0.302 e. The van der Waals surface area contributed by atoms with Crippen LogP contribution in [-0.4, -0.2) is 32.6 Å². The van der Waals surface area contributed by atoms with Gasteiger partial charge in [0.2, 0.25) is 15.9 Å². The van der Waals surface area contributed by atoms with Crippen molar-refractivity contribution in [1.82, 2.24) is 4.98 Å². The Hall–Kier alpha value is -1.93. The lowest BCUT2D eigenvalue weighted by Gasteiger charge is -2.16. The number of carbonyl (C=O) groups excluding carboxylic acids is 1. The zero-order chi connectivity index (χ0) is 17.9. The molecule has 2 aromatic rings. The molecule has 1 amide bonds. The molecule has 1 aromatic heterocycles. The highest BCUT2D eigenvalue weighted by molar-refractivity contribution is 7.92. The second kappa shape index (κ2) is 7.31. The maximum absolute atomic E-state index is 11.8. The van der Waals surface area contributed by atoms with E-state index >= 15 is 0 Å². The lowest BCUT2D eigenvalue weighted by Crippen LogP contribution is -2.24. The first-order chi connectivity index (χ1) is 11.2. The number of sulfonamides is 1. The van der Waals surface area contributed by atoms with E-state index in [1.807, 2.05) is 31.4 Å². The van der Waals surface area contributed by atoms with E-state index in [1.165, 1.54) is 22.7 Å². The number of nitrogens with one attached hydrogen (secondary N) is 1. The summed E-state index contributed by atoms with van der Waals surface area (Å²) in [6.07, 6.45) is 1.62. The molecule has 130 valence electrons. The smallest absolute Gasteiger partial charge is 0.231 e. The van der Waals surface area contributed by atoms with E-state index in [9.17, 15) is 13.2 Å². The molecule has 0 spiro atoms. The summed E-state index contributed by atoms with van der Waals surface area (Å²) in [6, 6.07) is 7.08. The standard InChI is InChI=1S/C16H21N3O3S2/c1-11(2)9-15(20)18-16-17-14(10-23-16)12-5-7-13(8-6-12)19(3)24(4,21)22/h5-8,10-11H,9H2,1-4H3,(H,17,18,20). The van der Waals surface area contributed by atoms with Crippen molar-refractivity contribution in [3.05, 3.63) is 29.6 Å². The van der Waals surface area contributed by atoms with Crippen LogP contribution < -0.4 is 9.62 Å². The van der Waals surface area contributed by atoms with Gasteiger partial charge >= 0.3 is 0 Å². The average molecular weight is 367 g/mol. The molecule has 0 aliphatic rings. The number of nitrogens with zero attached hydrogens (tertiary/aromatic N) is 2. The second-order valence-corrected chi connectivity index (χ2v) is 8.83. The van der Waals surface area contributed by atoms with Crippen molar-refractivity contribution in [3.63, 3.8) is 0 Å². The molecule has 0 saturated carbocycles. The Balaban J connectivity index is 2.12. The van der Waals surface area contributed by atoms with Gasteiger partial charge in [-0.3, -0.25) is 9.10 Å². The van der Waals surface area contributed by atoms with Crippen LogP contribution >= 0.6 is 11.3 Å². The molecule has 6 nitrogen and oxygen atoms in total. The Labute approximate surface area is 146 Å². The number of aromatic nitrogens is 1. The SMILES string of the molecule is CC(C)CC(=O)Nc1nc(-c2ccc(N(C)S(C)(=O)=O)cc2)cs1. The van der Waals surface area contributed by atoms with Crippen LogP contribution in [0.25, 0.3) is 11.3 Å². The number of hydrogen-bond acceptors (Lipinski definition) is 5. The molecule has 8 heteroatoms. The summed E-state index contributed by atoms with van der Waals surface area (Å²) in [5.74, 6) is 0.250. The summed E-state index contributed by atoms with van der Waals surface area (Å²) in [5.41, 5.74) is 2.19. The molecule has 1 heterocycles. The Bertz CT molecular complexity index is 811. The first-order valence-corrected chi connectivity index (χ1v) is 10.2. The third-order valence-corrected chi connectivity index (χ3v) is 5.33. The van der Waals surface area contributed by atoms with Gasteiger partial charge in [-0.25, -0.2) is 13.4 Å². The minimum Gasteiger partial charge on any atom is -0.302 e. The van der Waals surface area contributed by atoms with Gasteiger partial charge < -0.3 is 5.32 Å². The molecule has 0 saturated heterocycles. The van der Waals surface area contributed by atoms with Gasteiger partial charge in [0.05, 0.1) is 17.6 Å². The van der Waals surface area contributed by atoms with E-state index in [4.69, 9.17) is 0 Å². The van der Waals surface area contributed by atoms with E-state index in [1.54, 1.807) is 12.1 Å². The van der Waals surface area contributed by atoms with Gasteiger partial charge in [0, 0.05) is 24.4 Å². The van der Waals surface area contributed by atoms with Crippen LogP contribution in [-0.2, 0) is 14.8 Å². The van der Waals surface area contributed by atoms with Crippen molar-refractivity contribution in [2.45, 2.75) is 20.3 Å². The number of thiazole rings is 1. The molecular weight excluding hydrogens is 346 g/mol. The molecule has 0 radical (unpaired) electrons. The molecule has 0 bridgehead atoms. The van der Waals surface area contributed by atoms with E-state index < -0.39 is 10.0 Å². The molecule has 0 aliphatic heterocycles. The number of hydrogen-bond donors (Lipinski definition) is 1. The van der Waals surface area contributed by atoms with Crippen molar-refractivity contribution in [3.8, 4) is 11.3 Å². The second-order valence-electron chi connectivity index (χ2n) is 5.96. The van der Waals surface area contributed by atoms with Crippen LogP contribution in [0.15, 0.2) is 29.6 Å². The third-order valence-electron chi connectivity index (χ3n) is 3.37. The molecule has 2 rings (SSSR count). The van der Waals surface area contributed by atoms with Crippen molar-refractivity contribution in [2.24, 2.45) is 5.92 Å². The topological polar surface area (TPSA) is 79.4 Å². The first-order valence-electron chi connectivity index (χ1n) is 7.46. The van der Waals surface area contributed by atoms with E-state index in [-0.39, 0.29) is 5.91 Å². The van der Waals surface area contributed by atoms with Gasteiger partial charge in [-0.15, -0.1) is 11.3 Å². The molecular formula is C16H21N3O3S2. The van der Waals surface area contributed by atoms with Crippen molar-refractivity contribution < 1.29 is 13.2 Å². The van der Waals surface area contributed by atoms with E-state index in [2.05, 4.69) is 10.3 Å². The number of rotatable bonds is 6.